The highest BCUT2D eigenvalue weighted by molar-refractivity contribution is 7.12. The number of rotatable bonds is 4. The van der Waals surface area contributed by atoms with Crippen LogP contribution >= 0.6 is 22.7 Å². The predicted octanol–water partition coefficient (Wildman–Crippen LogP) is 2.39. The molecule has 7 heteroatoms. The van der Waals surface area contributed by atoms with E-state index in [1.165, 1.54) is 22.7 Å². The number of thiophene rings is 2. The molecule has 0 aliphatic carbocycles. The lowest BCUT2D eigenvalue weighted by Crippen LogP contribution is -2.50. The topological polar surface area (TPSA) is 60.9 Å². The summed E-state index contributed by atoms with van der Waals surface area (Å²) >= 11 is 2.94. The lowest BCUT2D eigenvalue weighted by atomic mass is 10.1. The predicted molar refractivity (Wildman–Crippen MR) is 86.5 cm³/mol. The van der Waals surface area contributed by atoms with Gasteiger partial charge in [0.15, 0.2) is 0 Å². The normalized spacial score (nSPS) is 17.4. The molecule has 3 heterocycles. The van der Waals surface area contributed by atoms with Crippen LogP contribution in [0.1, 0.15) is 21.3 Å². The van der Waals surface area contributed by atoms with E-state index in [4.69, 9.17) is 0 Å². The van der Waals surface area contributed by atoms with Crippen molar-refractivity contribution in [2.45, 2.75) is 6.04 Å². The lowest BCUT2D eigenvalue weighted by molar-refractivity contribution is -0.144. The molecule has 116 valence electrons. The Labute approximate surface area is 136 Å². The van der Waals surface area contributed by atoms with Gasteiger partial charge in [-0.05, 0) is 33.8 Å². The van der Waals surface area contributed by atoms with Gasteiger partial charge in [0, 0.05) is 26.2 Å². The molecular weight excluding hydrogens is 320 g/mol. The number of nitrogens with zero attached hydrogens (tertiary/aromatic N) is 2. The van der Waals surface area contributed by atoms with Gasteiger partial charge in [-0.3, -0.25) is 14.5 Å². The maximum Gasteiger partial charge on any atom is 0.325 e. The monoisotopic (exact) mass is 336 g/mol. The zero-order valence-corrected chi connectivity index (χ0v) is 13.5. The molecule has 0 radical (unpaired) electrons. The summed E-state index contributed by atoms with van der Waals surface area (Å²) in [4.78, 5) is 28.4. The third-order valence-electron chi connectivity index (χ3n) is 3.79. The summed E-state index contributed by atoms with van der Waals surface area (Å²) in [5, 5.41) is 15.2. The van der Waals surface area contributed by atoms with Gasteiger partial charge >= 0.3 is 5.97 Å². The van der Waals surface area contributed by atoms with Crippen LogP contribution in [-0.2, 0) is 4.79 Å². The van der Waals surface area contributed by atoms with Gasteiger partial charge in [-0.2, -0.15) is 11.3 Å². The molecule has 2 aromatic heterocycles. The molecule has 2 aromatic rings. The minimum absolute atomic E-state index is 0.0389. The number of carbonyl (C=O) groups is 2. The van der Waals surface area contributed by atoms with Crippen LogP contribution in [-0.4, -0.2) is 53.0 Å². The first-order valence-corrected chi connectivity index (χ1v) is 8.81. The van der Waals surface area contributed by atoms with E-state index >= 15 is 0 Å². The third kappa shape index (κ3) is 3.06. The number of aliphatic carboxylic acids is 1. The molecule has 5 nitrogen and oxygen atoms in total. The zero-order chi connectivity index (χ0) is 15.5. The quantitative estimate of drug-likeness (QED) is 0.931. The molecule has 0 aromatic carbocycles. The van der Waals surface area contributed by atoms with Crippen molar-refractivity contribution in [3.8, 4) is 0 Å². The van der Waals surface area contributed by atoms with Crippen molar-refractivity contribution < 1.29 is 14.7 Å². The van der Waals surface area contributed by atoms with Crippen LogP contribution in [0.5, 0.6) is 0 Å². The average Bonchev–Trinajstić information content (AvgIpc) is 3.21. The first-order chi connectivity index (χ1) is 10.7. The smallest absolute Gasteiger partial charge is 0.325 e. The van der Waals surface area contributed by atoms with E-state index in [-0.39, 0.29) is 5.91 Å². The van der Waals surface area contributed by atoms with E-state index in [1.54, 1.807) is 4.90 Å². The van der Waals surface area contributed by atoms with E-state index in [0.29, 0.717) is 26.2 Å². The Hall–Kier alpha value is -1.70. The second-order valence-corrected chi connectivity index (χ2v) is 6.83. The second-order valence-electron chi connectivity index (χ2n) is 5.10. The summed E-state index contributed by atoms with van der Waals surface area (Å²) in [6.07, 6.45) is 0. The fourth-order valence-corrected chi connectivity index (χ4v) is 4.05. The maximum atomic E-state index is 12.3. The van der Waals surface area contributed by atoms with Crippen molar-refractivity contribution in [3.05, 3.63) is 44.8 Å². The fourth-order valence-electron chi connectivity index (χ4n) is 2.68. The number of hydrogen-bond donors (Lipinski definition) is 1. The van der Waals surface area contributed by atoms with Gasteiger partial charge in [0.1, 0.15) is 6.04 Å². The largest absolute Gasteiger partial charge is 0.480 e. The van der Waals surface area contributed by atoms with Gasteiger partial charge in [0.2, 0.25) is 0 Å². The minimum Gasteiger partial charge on any atom is -0.480 e. The standard InChI is InChI=1S/C15H16N2O3S2/c18-14(12-2-1-8-22-12)17-6-4-16(5-7-17)13(15(19)20)11-3-9-21-10-11/h1-3,8-10,13H,4-7H2,(H,19,20). The van der Waals surface area contributed by atoms with E-state index < -0.39 is 12.0 Å². The SMILES string of the molecule is O=C(O)C(c1ccsc1)N1CCN(C(=O)c2cccs2)CC1. The molecule has 1 unspecified atom stereocenters. The van der Waals surface area contributed by atoms with Crippen molar-refractivity contribution in [2.75, 3.05) is 26.2 Å². The molecule has 3 rings (SSSR count). The van der Waals surface area contributed by atoms with Crippen molar-refractivity contribution in [3.63, 3.8) is 0 Å². The summed E-state index contributed by atoms with van der Waals surface area (Å²) < 4.78 is 0. The van der Waals surface area contributed by atoms with E-state index in [9.17, 15) is 14.7 Å². The molecule has 0 bridgehead atoms. The Bertz CT molecular complexity index is 632. The number of carboxylic acids is 1. The Morgan fingerprint density at radius 1 is 1.14 bits per heavy atom. The van der Waals surface area contributed by atoms with Gasteiger partial charge in [0.05, 0.1) is 4.88 Å². The van der Waals surface area contributed by atoms with Gasteiger partial charge in [-0.25, -0.2) is 0 Å². The number of amides is 1. The first-order valence-electron chi connectivity index (χ1n) is 6.98. The third-order valence-corrected chi connectivity index (χ3v) is 5.35. The van der Waals surface area contributed by atoms with Crippen molar-refractivity contribution in [1.29, 1.82) is 0 Å². The van der Waals surface area contributed by atoms with Gasteiger partial charge in [-0.1, -0.05) is 6.07 Å². The number of carboxylic acid groups (broad SMARTS) is 1. The molecule has 1 atom stereocenters. The molecule has 1 saturated heterocycles. The Kier molecular flexibility index (Phi) is 4.56. The summed E-state index contributed by atoms with van der Waals surface area (Å²) in [5.41, 5.74) is 0.815. The summed E-state index contributed by atoms with van der Waals surface area (Å²) in [7, 11) is 0. The molecule has 22 heavy (non-hydrogen) atoms. The molecule has 1 N–H and O–H groups in total. The summed E-state index contributed by atoms with van der Waals surface area (Å²) in [6.45, 7) is 2.27. The van der Waals surface area contributed by atoms with Crippen LogP contribution in [0.25, 0.3) is 0 Å². The molecule has 0 spiro atoms. The highest BCUT2D eigenvalue weighted by Gasteiger charge is 2.32. The summed E-state index contributed by atoms with van der Waals surface area (Å²) in [5.74, 6) is -0.798. The molecule has 1 aliphatic rings. The number of carbonyl (C=O) groups excluding carboxylic acids is 1. The molecule has 1 fully saturated rings. The zero-order valence-electron chi connectivity index (χ0n) is 11.8. The van der Waals surface area contributed by atoms with Gasteiger partial charge in [-0.15, -0.1) is 11.3 Å². The van der Waals surface area contributed by atoms with Crippen LogP contribution < -0.4 is 0 Å². The van der Waals surface area contributed by atoms with Crippen LogP contribution in [0, 0.1) is 0 Å². The lowest BCUT2D eigenvalue weighted by Gasteiger charge is -2.37. The highest BCUT2D eigenvalue weighted by Crippen LogP contribution is 2.25. The Balaban J connectivity index is 1.66. The minimum atomic E-state index is -0.837. The average molecular weight is 336 g/mol. The molecular formula is C15H16N2O3S2. The van der Waals surface area contributed by atoms with E-state index in [0.717, 1.165) is 10.4 Å². The van der Waals surface area contributed by atoms with E-state index in [2.05, 4.69) is 0 Å². The van der Waals surface area contributed by atoms with Crippen molar-refractivity contribution >= 4 is 34.6 Å². The van der Waals surface area contributed by atoms with Crippen molar-refractivity contribution in [1.82, 2.24) is 9.80 Å². The summed E-state index contributed by atoms with van der Waals surface area (Å²) in [6, 6.07) is 4.92. The first kappa shape index (κ1) is 15.2. The highest BCUT2D eigenvalue weighted by atomic mass is 32.1. The fraction of sp³-hybridized carbons (Fsp3) is 0.333. The van der Waals surface area contributed by atoms with Gasteiger partial charge < -0.3 is 10.0 Å². The molecule has 1 amide bonds. The van der Waals surface area contributed by atoms with Crippen molar-refractivity contribution in [2.24, 2.45) is 0 Å². The number of piperazine rings is 1. The van der Waals surface area contributed by atoms with E-state index in [1.807, 2.05) is 39.2 Å². The number of hydrogen-bond acceptors (Lipinski definition) is 5. The Morgan fingerprint density at radius 3 is 2.45 bits per heavy atom. The molecule has 0 saturated carbocycles. The maximum absolute atomic E-state index is 12.3. The van der Waals surface area contributed by atoms with Crippen LogP contribution in [0.2, 0.25) is 0 Å². The van der Waals surface area contributed by atoms with Gasteiger partial charge in [0.25, 0.3) is 5.91 Å². The van der Waals surface area contributed by atoms with Crippen LogP contribution in [0.4, 0.5) is 0 Å². The van der Waals surface area contributed by atoms with Crippen LogP contribution in [0.15, 0.2) is 34.3 Å². The molecule has 1 aliphatic heterocycles. The Morgan fingerprint density at radius 2 is 1.91 bits per heavy atom. The second kappa shape index (κ2) is 6.60. The van der Waals surface area contributed by atoms with Crippen LogP contribution in [0.3, 0.4) is 0 Å².